The second-order valence-electron chi connectivity index (χ2n) is 5.31. The molecule has 1 aromatic heterocycles. The lowest BCUT2D eigenvalue weighted by Crippen LogP contribution is -2.03. The summed E-state index contributed by atoms with van der Waals surface area (Å²) in [4.78, 5) is 4.83. The molecular formula is C18H21N3. The van der Waals surface area contributed by atoms with Crippen LogP contribution in [0.5, 0.6) is 0 Å². The van der Waals surface area contributed by atoms with Crippen LogP contribution in [0.3, 0.4) is 0 Å². The summed E-state index contributed by atoms with van der Waals surface area (Å²) in [6.45, 7) is 3.86. The number of rotatable bonds is 5. The van der Waals surface area contributed by atoms with E-state index in [1.54, 1.807) is 0 Å². The molecule has 3 rings (SSSR count). The maximum atomic E-state index is 5.67. The molecule has 2 aromatic carbocycles. The Morgan fingerprint density at radius 3 is 2.76 bits per heavy atom. The first-order valence-electron chi connectivity index (χ1n) is 7.58. The molecule has 0 fully saturated rings. The number of fused-ring (bicyclic) bond motifs is 1. The highest BCUT2D eigenvalue weighted by Crippen LogP contribution is 2.25. The maximum Gasteiger partial charge on any atom is 0.141 e. The number of benzene rings is 2. The molecule has 2 N–H and O–H groups in total. The number of nitrogens with zero attached hydrogens (tertiary/aromatic N) is 2. The van der Waals surface area contributed by atoms with E-state index in [0.29, 0.717) is 6.54 Å². The summed E-state index contributed by atoms with van der Waals surface area (Å²) in [7, 11) is 0. The number of hydrogen-bond acceptors (Lipinski definition) is 2. The van der Waals surface area contributed by atoms with Crippen LogP contribution in [0, 0.1) is 0 Å². The summed E-state index contributed by atoms with van der Waals surface area (Å²) in [5, 5.41) is 0. The van der Waals surface area contributed by atoms with Gasteiger partial charge in [0.05, 0.1) is 11.0 Å². The molecule has 1 heterocycles. The van der Waals surface area contributed by atoms with Gasteiger partial charge in [-0.1, -0.05) is 37.3 Å². The van der Waals surface area contributed by atoms with Gasteiger partial charge >= 0.3 is 0 Å². The van der Waals surface area contributed by atoms with E-state index >= 15 is 0 Å². The Morgan fingerprint density at radius 1 is 1.10 bits per heavy atom. The van der Waals surface area contributed by atoms with E-state index in [9.17, 15) is 0 Å². The highest BCUT2D eigenvalue weighted by atomic mass is 15.1. The number of nitrogens with two attached hydrogens (primary N) is 1. The minimum atomic E-state index is 0.675. The van der Waals surface area contributed by atoms with E-state index in [0.717, 1.165) is 30.7 Å². The second-order valence-corrected chi connectivity index (χ2v) is 5.31. The molecule has 0 amide bonds. The largest absolute Gasteiger partial charge is 0.330 e. The zero-order chi connectivity index (χ0) is 14.7. The molecule has 0 aliphatic heterocycles. The lowest BCUT2D eigenvalue weighted by molar-refractivity contribution is 0.704. The average Bonchev–Trinajstić information content (AvgIpc) is 2.88. The maximum absolute atomic E-state index is 5.67. The molecule has 0 bridgehead atoms. The summed E-state index contributed by atoms with van der Waals surface area (Å²) >= 11 is 0. The second kappa shape index (κ2) is 6.10. The molecule has 3 nitrogen and oxygen atoms in total. The smallest absolute Gasteiger partial charge is 0.141 e. The summed E-state index contributed by atoms with van der Waals surface area (Å²) in [6, 6.07) is 16.9. The molecular weight excluding hydrogens is 258 g/mol. The third-order valence-corrected chi connectivity index (χ3v) is 3.72. The monoisotopic (exact) mass is 279 g/mol. The SMILES string of the molecule is CCCn1c(-c2cccc(CCN)c2)nc2ccccc21. The zero-order valence-electron chi connectivity index (χ0n) is 12.4. The fourth-order valence-corrected chi connectivity index (χ4v) is 2.78. The molecule has 0 saturated carbocycles. The molecule has 21 heavy (non-hydrogen) atoms. The van der Waals surface area contributed by atoms with Crippen LogP contribution in [-0.2, 0) is 13.0 Å². The lowest BCUT2D eigenvalue weighted by Gasteiger charge is -2.09. The van der Waals surface area contributed by atoms with Crippen LogP contribution < -0.4 is 5.73 Å². The van der Waals surface area contributed by atoms with Crippen molar-refractivity contribution >= 4 is 11.0 Å². The summed E-state index contributed by atoms with van der Waals surface area (Å²) < 4.78 is 2.32. The highest BCUT2D eigenvalue weighted by molar-refractivity contribution is 5.80. The summed E-state index contributed by atoms with van der Waals surface area (Å²) in [5.74, 6) is 1.05. The van der Waals surface area contributed by atoms with Gasteiger partial charge in [-0.2, -0.15) is 0 Å². The third-order valence-electron chi connectivity index (χ3n) is 3.72. The minimum absolute atomic E-state index is 0.675. The predicted octanol–water partition coefficient (Wildman–Crippen LogP) is 3.61. The van der Waals surface area contributed by atoms with Crippen LogP contribution in [0.15, 0.2) is 48.5 Å². The van der Waals surface area contributed by atoms with Crippen molar-refractivity contribution in [2.75, 3.05) is 6.54 Å². The van der Waals surface area contributed by atoms with E-state index in [2.05, 4.69) is 54.0 Å². The first-order valence-corrected chi connectivity index (χ1v) is 7.58. The van der Waals surface area contributed by atoms with Crippen LogP contribution in [0.2, 0.25) is 0 Å². The Balaban J connectivity index is 2.14. The van der Waals surface area contributed by atoms with Crippen molar-refractivity contribution < 1.29 is 0 Å². The summed E-state index contributed by atoms with van der Waals surface area (Å²) in [6.07, 6.45) is 2.00. The molecule has 0 spiro atoms. The minimum Gasteiger partial charge on any atom is -0.330 e. The number of para-hydroxylation sites is 2. The number of aryl methyl sites for hydroxylation is 1. The van der Waals surface area contributed by atoms with Gasteiger partial charge < -0.3 is 10.3 Å². The van der Waals surface area contributed by atoms with Gasteiger partial charge in [0.1, 0.15) is 5.82 Å². The Morgan fingerprint density at radius 2 is 1.95 bits per heavy atom. The van der Waals surface area contributed by atoms with Crippen LogP contribution in [0.25, 0.3) is 22.4 Å². The molecule has 3 aromatic rings. The van der Waals surface area contributed by atoms with Crippen LogP contribution >= 0.6 is 0 Å². The molecule has 0 unspecified atom stereocenters. The number of aromatic nitrogens is 2. The van der Waals surface area contributed by atoms with Gasteiger partial charge in [-0.25, -0.2) is 4.98 Å². The molecule has 0 aliphatic carbocycles. The Bertz CT molecular complexity index is 743. The third kappa shape index (κ3) is 2.69. The van der Waals surface area contributed by atoms with Crippen molar-refractivity contribution in [3.63, 3.8) is 0 Å². The quantitative estimate of drug-likeness (QED) is 0.775. The van der Waals surface area contributed by atoms with Gasteiger partial charge in [-0.05, 0) is 43.1 Å². The van der Waals surface area contributed by atoms with Crippen molar-refractivity contribution in [2.45, 2.75) is 26.3 Å². The van der Waals surface area contributed by atoms with Crippen molar-refractivity contribution in [3.8, 4) is 11.4 Å². The molecule has 0 saturated heterocycles. The van der Waals surface area contributed by atoms with Gasteiger partial charge in [0.2, 0.25) is 0 Å². The van der Waals surface area contributed by atoms with Gasteiger partial charge in [-0.3, -0.25) is 0 Å². The van der Waals surface area contributed by atoms with Crippen molar-refractivity contribution in [1.82, 2.24) is 9.55 Å². The van der Waals surface area contributed by atoms with Crippen LogP contribution in [-0.4, -0.2) is 16.1 Å². The normalized spacial score (nSPS) is 11.1. The molecule has 3 heteroatoms. The van der Waals surface area contributed by atoms with Gasteiger partial charge in [0.25, 0.3) is 0 Å². The first kappa shape index (κ1) is 13.8. The van der Waals surface area contributed by atoms with E-state index < -0.39 is 0 Å². The predicted molar refractivity (Wildman–Crippen MR) is 88.2 cm³/mol. The van der Waals surface area contributed by atoms with Gasteiger partial charge in [-0.15, -0.1) is 0 Å². The van der Waals surface area contributed by atoms with E-state index in [1.165, 1.54) is 16.6 Å². The fourth-order valence-electron chi connectivity index (χ4n) is 2.78. The van der Waals surface area contributed by atoms with Gasteiger partial charge in [0.15, 0.2) is 0 Å². The average molecular weight is 279 g/mol. The molecule has 0 atom stereocenters. The van der Waals surface area contributed by atoms with Gasteiger partial charge in [0, 0.05) is 12.1 Å². The highest BCUT2D eigenvalue weighted by Gasteiger charge is 2.11. The van der Waals surface area contributed by atoms with Crippen molar-refractivity contribution in [2.24, 2.45) is 5.73 Å². The molecule has 0 radical (unpaired) electrons. The Labute approximate surface area is 125 Å². The topological polar surface area (TPSA) is 43.8 Å². The first-order chi connectivity index (χ1) is 10.3. The van der Waals surface area contributed by atoms with Crippen LogP contribution in [0.1, 0.15) is 18.9 Å². The molecule has 108 valence electrons. The standard InChI is InChI=1S/C18H21N3/c1-2-12-21-17-9-4-3-8-16(17)20-18(21)15-7-5-6-14(13-15)10-11-19/h3-9,13H,2,10-12,19H2,1H3. The van der Waals surface area contributed by atoms with E-state index in [1.807, 2.05) is 6.07 Å². The van der Waals surface area contributed by atoms with Crippen LogP contribution in [0.4, 0.5) is 0 Å². The number of hydrogen-bond donors (Lipinski definition) is 1. The Hall–Kier alpha value is -2.13. The molecule has 0 aliphatic rings. The van der Waals surface area contributed by atoms with E-state index in [4.69, 9.17) is 10.7 Å². The fraction of sp³-hybridized carbons (Fsp3) is 0.278. The summed E-state index contributed by atoms with van der Waals surface area (Å²) in [5.41, 5.74) is 10.4. The van der Waals surface area contributed by atoms with E-state index in [-0.39, 0.29) is 0 Å². The zero-order valence-corrected chi connectivity index (χ0v) is 12.4. The Kier molecular flexibility index (Phi) is 4.02. The van der Waals surface area contributed by atoms with Crippen molar-refractivity contribution in [3.05, 3.63) is 54.1 Å². The lowest BCUT2D eigenvalue weighted by atomic mass is 10.1. The number of imidazole rings is 1. The van der Waals surface area contributed by atoms with Crippen molar-refractivity contribution in [1.29, 1.82) is 0 Å².